The minimum absolute atomic E-state index is 0.0963. The summed E-state index contributed by atoms with van der Waals surface area (Å²) < 4.78 is 3.65. The largest absolute Gasteiger partial charge is 0.349 e. The number of amides is 1. The number of aromatic nitrogens is 4. The molecule has 8 heteroatoms. The van der Waals surface area contributed by atoms with E-state index in [0.29, 0.717) is 33.9 Å². The number of hydrogen-bond acceptors (Lipinski definition) is 5. The fourth-order valence-corrected chi connectivity index (χ4v) is 5.99. The average Bonchev–Trinajstić information content (AvgIpc) is 3.52. The lowest BCUT2D eigenvalue weighted by Crippen LogP contribution is -2.32. The highest BCUT2D eigenvalue weighted by Gasteiger charge is 2.21. The number of nitrogens with zero attached hydrogens (tertiary/aromatic N) is 4. The van der Waals surface area contributed by atoms with Crippen LogP contribution >= 0.6 is 11.8 Å². The number of carbonyl (C=O) groups is 1. The molecular formula is C28H33N5O2S. The standard InChI is InChI=1S/C28H33N5O2S/c1-17(2)15-32-26(35)23-12-11-20(25(34)29-22-7-5-6-8-22)14-24(23)33-27(32)30-31-28(33)36-16-21-13-18(3)9-10-19(21)4/h9-14,17,22H,5-8,15-16H2,1-4H3,(H,29,34). The van der Waals surface area contributed by atoms with Crippen molar-refractivity contribution in [1.29, 1.82) is 0 Å². The lowest BCUT2D eigenvalue weighted by atomic mass is 10.1. The van der Waals surface area contributed by atoms with Gasteiger partial charge in [-0.05, 0) is 61.9 Å². The zero-order chi connectivity index (χ0) is 25.4. The lowest BCUT2D eigenvalue weighted by molar-refractivity contribution is 0.0938. The van der Waals surface area contributed by atoms with E-state index in [2.05, 4.69) is 61.4 Å². The highest BCUT2D eigenvalue weighted by molar-refractivity contribution is 7.98. The third-order valence-corrected chi connectivity index (χ3v) is 7.91. The van der Waals surface area contributed by atoms with Crippen molar-refractivity contribution < 1.29 is 4.79 Å². The van der Waals surface area contributed by atoms with Crippen LogP contribution in [0, 0.1) is 19.8 Å². The number of benzene rings is 2. The number of fused-ring (bicyclic) bond motifs is 3. The summed E-state index contributed by atoms with van der Waals surface area (Å²) in [6.07, 6.45) is 4.35. The zero-order valence-electron chi connectivity index (χ0n) is 21.4. The van der Waals surface area contributed by atoms with E-state index < -0.39 is 0 Å². The van der Waals surface area contributed by atoms with Crippen molar-refractivity contribution in [3.63, 3.8) is 0 Å². The minimum Gasteiger partial charge on any atom is -0.349 e. The van der Waals surface area contributed by atoms with Gasteiger partial charge in [0, 0.05) is 23.9 Å². The lowest BCUT2D eigenvalue weighted by Gasteiger charge is -2.15. The second-order valence-corrected chi connectivity index (χ2v) is 11.3. The van der Waals surface area contributed by atoms with Crippen LogP contribution in [0.2, 0.25) is 0 Å². The van der Waals surface area contributed by atoms with Crippen LogP contribution in [-0.2, 0) is 12.3 Å². The van der Waals surface area contributed by atoms with Crippen molar-refractivity contribution in [3.05, 3.63) is 69.0 Å². The molecule has 5 rings (SSSR count). The summed E-state index contributed by atoms with van der Waals surface area (Å²) in [4.78, 5) is 26.5. The van der Waals surface area contributed by atoms with Gasteiger partial charge in [0.2, 0.25) is 5.78 Å². The Hall–Kier alpha value is -3.13. The Morgan fingerprint density at radius 2 is 1.89 bits per heavy atom. The number of carbonyl (C=O) groups excluding carboxylic acids is 1. The SMILES string of the molecule is Cc1ccc(C)c(CSc2nnc3n(CC(C)C)c(=O)c4ccc(C(=O)NC5CCCC5)cc4n23)c1. The molecule has 1 N–H and O–H groups in total. The van der Waals surface area contributed by atoms with Crippen LogP contribution in [0.15, 0.2) is 46.3 Å². The topological polar surface area (TPSA) is 81.3 Å². The summed E-state index contributed by atoms with van der Waals surface area (Å²) in [5, 5.41) is 13.4. The quantitative estimate of drug-likeness (QED) is 0.347. The number of thioether (sulfide) groups is 1. The fourth-order valence-electron chi connectivity index (χ4n) is 4.98. The van der Waals surface area contributed by atoms with Gasteiger partial charge in [0.05, 0.1) is 10.9 Å². The molecule has 2 heterocycles. The van der Waals surface area contributed by atoms with Gasteiger partial charge in [0.25, 0.3) is 11.5 Å². The van der Waals surface area contributed by atoms with Gasteiger partial charge in [-0.1, -0.05) is 62.2 Å². The third kappa shape index (κ3) is 4.78. The van der Waals surface area contributed by atoms with Crippen LogP contribution in [0.25, 0.3) is 16.7 Å². The third-order valence-electron chi connectivity index (χ3n) is 6.93. The fraction of sp³-hybridized carbons (Fsp3) is 0.429. The first-order valence-corrected chi connectivity index (χ1v) is 13.7. The Labute approximate surface area is 215 Å². The molecule has 36 heavy (non-hydrogen) atoms. The van der Waals surface area contributed by atoms with Crippen LogP contribution in [-0.4, -0.2) is 31.1 Å². The van der Waals surface area contributed by atoms with Gasteiger partial charge < -0.3 is 5.32 Å². The molecule has 0 atom stereocenters. The van der Waals surface area contributed by atoms with Gasteiger partial charge in [-0.15, -0.1) is 10.2 Å². The van der Waals surface area contributed by atoms with Crippen LogP contribution in [0.5, 0.6) is 0 Å². The second kappa shape index (κ2) is 10.1. The molecule has 4 aromatic rings. The van der Waals surface area contributed by atoms with E-state index in [-0.39, 0.29) is 23.4 Å². The number of hydrogen-bond donors (Lipinski definition) is 1. The molecule has 2 aromatic carbocycles. The van der Waals surface area contributed by atoms with Crippen molar-refractivity contribution in [3.8, 4) is 0 Å². The monoisotopic (exact) mass is 503 g/mol. The maximum absolute atomic E-state index is 13.5. The Balaban J connectivity index is 1.61. The molecule has 0 bridgehead atoms. The molecule has 1 aliphatic carbocycles. The molecule has 0 unspecified atom stereocenters. The Kier molecular flexibility index (Phi) is 6.88. The van der Waals surface area contributed by atoms with E-state index in [1.165, 1.54) is 16.7 Å². The molecule has 188 valence electrons. The van der Waals surface area contributed by atoms with Crippen LogP contribution in [0.3, 0.4) is 0 Å². The first kappa shape index (κ1) is 24.6. The molecular weight excluding hydrogens is 470 g/mol. The van der Waals surface area contributed by atoms with E-state index in [0.717, 1.165) is 31.4 Å². The van der Waals surface area contributed by atoms with Crippen molar-refractivity contribution in [2.75, 3.05) is 0 Å². The van der Waals surface area contributed by atoms with E-state index in [1.807, 2.05) is 10.5 Å². The highest BCUT2D eigenvalue weighted by Crippen LogP contribution is 2.27. The molecule has 0 radical (unpaired) electrons. The first-order valence-electron chi connectivity index (χ1n) is 12.7. The van der Waals surface area contributed by atoms with E-state index in [4.69, 9.17) is 0 Å². The summed E-state index contributed by atoms with van der Waals surface area (Å²) in [6.45, 7) is 8.91. The van der Waals surface area contributed by atoms with Gasteiger partial charge in [-0.25, -0.2) is 0 Å². The van der Waals surface area contributed by atoms with Crippen molar-refractivity contribution >= 4 is 34.3 Å². The molecule has 0 saturated heterocycles. The van der Waals surface area contributed by atoms with Crippen LogP contribution < -0.4 is 10.9 Å². The molecule has 0 aliphatic heterocycles. The Bertz CT molecular complexity index is 1500. The smallest absolute Gasteiger partial charge is 0.262 e. The highest BCUT2D eigenvalue weighted by atomic mass is 32.2. The predicted molar refractivity (Wildman–Crippen MR) is 145 cm³/mol. The van der Waals surface area contributed by atoms with E-state index in [1.54, 1.807) is 28.5 Å². The summed E-state index contributed by atoms with van der Waals surface area (Å²) in [6, 6.07) is 12.0. The van der Waals surface area contributed by atoms with Gasteiger partial charge in [-0.3, -0.25) is 18.6 Å². The maximum Gasteiger partial charge on any atom is 0.262 e. The summed E-state index contributed by atoms with van der Waals surface area (Å²) in [7, 11) is 0. The van der Waals surface area contributed by atoms with Crippen molar-refractivity contribution in [2.24, 2.45) is 5.92 Å². The minimum atomic E-state index is -0.104. The van der Waals surface area contributed by atoms with Crippen molar-refractivity contribution in [1.82, 2.24) is 24.5 Å². The number of aryl methyl sites for hydroxylation is 2. The number of nitrogens with one attached hydrogen (secondary N) is 1. The maximum atomic E-state index is 13.5. The first-order chi connectivity index (χ1) is 17.3. The van der Waals surface area contributed by atoms with Gasteiger partial charge in [0.15, 0.2) is 5.16 Å². The molecule has 1 fully saturated rings. The Morgan fingerprint density at radius 1 is 1.11 bits per heavy atom. The van der Waals surface area contributed by atoms with Gasteiger partial charge in [0.1, 0.15) is 0 Å². The van der Waals surface area contributed by atoms with Crippen molar-refractivity contribution in [2.45, 2.75) is 76.9 Å². The van der Waals surface area contributed by atoms with Gasteiger partial charge in [-0.2, -0.15) is 0 Å². The average molecular weight is 504 g/mol. The van der Waals surface area contributed by atoms with Crippen LogP contribution in [0.4, 0.5) is 0 Å². The van der Waals surface area contributed by atoms with E-state index in [9.17, 15) is 9.59 Å². The predicted octanol–water partition coefficient (Wildman–Crippen LogP) is 5.28. The van der Waals surface area contributed by atoms with E-state index >= 15 is 0 Å². The summed E-state index contributed by atoms with van der Waals surface area (Å²) in [5.74, 6) is 1.42. The molecule has 7 nitrogen and oxygen atoms in total. The molecule has 1 amide bonds. The molecule has 0 spiro atoms. The molecule has 1 saturated carbocycles. The summed E-state index contributed by atoms with van der Waals surface area (Å²) in [5.41, 5.74) is 4.81. The van der Waals surface area contributed by atoms with Gasteiger partial charge >= 0.3 is 0 Å². The zero-order valence-corrected chi connectivity index (χ0v) is 22.2. The summed E-state index contributed by atoms with van der Waals surface area (Å²) >= 11 is 1.59. The molecule has 1 aliphatic rings. The second-order valence-electron chi connectivity index (χ2n) is 10.3. The number of rotatable bonds is 7. The molecule has 2 aromatic heterocycles. The normalized spacial score (nSPS) is 14.4. The Morgan fingerprint density at radius 3 is 2.64 bits per heavy atom. The van der Waals surface area contributed by atoms with Crippen LogP contribution in [0.1, 0.15) is 66.6 Å².